The highest BCUT2D eigenvalue weighted by Crippen LogP contribution is 2.18. The average molecular weight is 232 g/mol. The molecule has 0 bridgehead atoms. The van der Waals surface area contributed by atoms with Crippen LogP contribution in [0.3, 0.4) is 0 Å². The zero-order chi connectivity index (χ0) is 12.9. The van der Waals surface area contributed by atoms with E-state index in [2.05, 4.69) is 49.2 Å². The monoisotopic (exact) mass is 232 g/mol. The molecule has 17 heavy (non-hydrogen) atoms. The van der Waals surface area contributed by atoms with Crippen molar-refractivity contribution < 1.29 is 0 Å². The van der Waals surface area contributed by atoms with E-state index >= 15 is 0 Å². The van der Waals surface area contributed by atoms with Crippen molar-refractivity contribution in [2.24, 2.45) is 5.41 Å². The van der Waals surface area contributed by atoms with Crippen LogP contribution in [0.1, 0.15) is 19.5 Å². The van der Waals surface area contributed by atoms with E-state index in [1.54, 1.807) is 6.20 Å². The van der Waals surface area contributed by atoms with Crippen LogP contribution in [0.15, 0.2) is 18.3 Å². The molecule has 0 aliphatic rings. The molecule has 4 nitrogen and oxygen atoms in total. The zero-order valence-corrected chi connectivity index (χ0v) is 11.0. The maximum Gasteiger partial charge on any atom is 0.163 e. The molecule has 0 aliphatic heterocycles. The lowest BCUT2D eigenvalue weighted by molar-refractivity contribution is 0.254. The lowest BCUT2D eigenvalue weighted by Crippen LogP contribution is -2.34. The summed E-state index contributed by atoms with van der Waals surface area (Å²) in [7, 11) is 4.12. The summed E-state index contributed by atoms with van der Waals surface area (Å²) in [5.41, 5.74) is 1.40. The summed E-state index contributed by atoms with van der Waals surface area (Å²) in [6, 6.07) is 5.81. The number of nitrogens with one attached hydrogen (secondary N) is 1. The molecule has 1 aromatic rings. The number of hydrogen-bond donors (Lipinski definition) is 1. The van der Waals surface area contributed by atoms with E-state index in [1.165, 1.54) is 0 Å². The zero-order valence-electron chi connectivity index (χ0n) is 11.0. The molecule has 0 aliphatic carbocycles. The molecule has 0 fully saturated rings. The van der Waals surface area contributed by atoms with E-state index < -0.39 is 0 Å². The first-order chi connectivity index (χ1) is 7.94. The van der Waals surface area contributed by atoms with Crippen LogP contribution in [-0.2, 0) is 0 Å². The molecule has 0 spiro atoms. The van der Waals surface area contributed by atoms with Gasteiger partial charge >= 0.3 is 0 Å². The molecule has 1 heterocycles. The van der Waals surface area contributed by atoms with Gasteiger partial charge in [-0.15, -0.1) is 0 Å². The maximum atomic E-state index is 8.93. The second-order valence-electron chi connectivity index (χ2n) is 5.27. The molecule has 0 atom stereocenters. The highest BCUT2D eigenvalue weighted by Gasteiger charge is 2.19. The van der Waals surface area contributed by atoms with Crippen molar-refractivity contribution >= 4 is 5.69 Å². The Kier molecular flexibility index (Phi) is 4.47. The van der Waals surface area contributed by atoms with Gasteiger partial charge in [-0.1, -0.05) is 13.8 Å². The topological polar surface area (TPSA) is 52.0 Å². The summed E-state index contributed by atoms with van der Waals surface area (Å²) in [6.45, 7) is 6.19. The molecular weight excluding hydrogens is 212 g/mol. The van der Waals surface area contributed by atoms with Crippen LogP contribution in [0.4, 0.5) is 5.69 Å². The van der Waals surface area contributed by atoms with Crippen molar-refractivity contribution in [3.8, 4) is 6.07 Å². The SMILES string of the molecule is CN(C)CC(C)(C)CNc1cccnc1C#N. The van der Waals surface area contributed by atoms with Gasteiger partial charge in [0.05, 0.1) is 5.69 Å². The van der Waals surface area contributed by atoms with Gasteiger partial charge in [-0.05, 0) is 31.6 Å². The minimum absolute atomic E-state index is 0.145. The normalized spacial score (nSPS) is 11.3. The maximum absolute atomic E-state index is 8.93. The van der Waals surface area contributed by atoms with Crippen LogP contribution >= 0.6 is 0 Å². The Morgan fingerprint density at radius 1 is 1.47 bits per heavy atom. The van der Waals surface area contributed by atoms with Gasteiger partial charge in [-0.25, -0.2) is 4.98 Å². The molecule has 0 saturated heterocycles. The largest absolute Gasteiger partial charge is 0.382 e. The Balaban J connectivity index is 2.64. The first kappa shape index (κ1) is 13.5. The molecule has 0 aromatic carbocycles. The molecule has 1 N–H and O–H groups in total. The standard InChI is InChI=1S/C13H20N4/c1-13(2,10-17(3)4)9-16-11-6-5-7-15-12(11)8-14/h5-7,16H,9-10H2,1-4H3. The molecule has 0 amide bonds. The first-order valence-electron chi connectivity index (χ1n) is 5.68. The summed E-state index contributed by atoms with van der Waals surface area (Å²) in [4.78, 5) is 6.19. The summed E-state index contributed by atoms with van der Waals surface area (Å²) in [5, 5.41) is 12.2. The Morgan fingerprint density at radius 2 is 2.18 bits per heavy atom. The van der Waals surface area contributed by atoms with Crippen LogP contribution < -0.4 is 5.32 Å². The predicted octanol–water partition coefficient (Wildman–Crippen LogP) is 1.95. The van der Waals surface area contributed by atoms with E-state index in [4.69, 9.17) is 5.26 Å². The summed E-state index contributed by atoms with van der Waals surface area (Å²) in [5.74, 6) is 0. The fourth-order valence-corrected chi connectivity index (χ4v) is 1.88. The van der Waals surface area contributed by atoms with E-state index in [0.717, 1.165) is 18.8 Å². The summed E-state index contributed by atoms with van der Waals surface area (Å²) in [6.07, 6.45) is 1.63. The van der Waals surface area contributed by atoms with Crippen molar-refractivity contribution in [2.75, 3.05) is 32.5 Å². The molecule has 92 valence electrons. The third-order valence-corrected chi connectivity index (χ3v) is 2.42. The quantitative estimate of drug-likeness (QED) is 0.843. The van der Waals surface area contributed by atoms with Crippen molar-refractivity contribution in [3.63, 3.8) is 0 Å². The van der Waals surface area contributed by atoms with Gasteiger partial charge in [0.15, 0.2) is 5.69 Å². The van der Waals surface area contributed by atoms with Crippen LogP contribution in [0, 0.1) is 16.7 Å². The lowest BCUT2D eigenvalue weighted by atomic mass is 9.93. The third-order valence-electron chi connectivity index (χ3n) is 2.42. The van der Waals surface area contributed by atoms with E-state index in [0.29, 0.717) is 5.69 Å². The average Bonchev–Trinajstić information content (AvgIpc) is 2.25. The fourth-order valence-electron chi connectivity index (χ4n) is 1.88. The van der Waals surface area contributed by atoms with Crippen molar-refractivity contribution in [1.29, 1.82) is 5.26 Å². The Hall–Kier alpha value is -1.60. The van der Waals surface area contributed by atoms with Crippen LogP contribution in [-0.4, -0.2) is 37.1 Å². The van der Waals surface area contributed by atoms with Gasteiger partial charge in [-0.3, -0.25) is 0 Å². The van der Waals surface area contributed by atoms with Gasteiger partial charge in [0.2, 0.25) is 0 Å². The van der Waals surface area contributed by atoms with Crippen molar-refractivity contribution in [1.82, 2.24) is 9.88 Å². The van der Waals surface area contributed by atoms with Crippen LogP contribution in [0.25, 0.3) is 0 Å². The van der Waals surface area contributed by atoms with E-state index in [1.807, 2.05) is 12.1 Å². The number of anilines is 1. The molecule has 1 aromatic heterocycles. The number of hydrogen-bond acceptors (Lipinski definition) is 4. The second-order valence-corrected chi connectivity index (χ2v) is 5.27. The minimum atomic E-state index is 0.145. The summed E-state index contributed by atoms with van der Waals surface area (Å²) >= 11 is 0. The highest BCUT2D eigenvalue weighted by atomic mass is 15.1. The molecule has 4 heteroatoms. The first-order valence-corrected chi connectivity index (χ1v) is 5.68. The Morgan fingerprint density at radius 3 is 2.76 bits per heavy atom. The Bertz CT molecular complexity index is 404. The summed E-state index contributed by atoms with van der Waals surface area (Å²) < 4.78 is 0. The lowest BCUT2D eigenvalue weighted by Gasteiger charge is -2.28. The molecule has 0 radical (unpaired) electrons. The van der Waals surface area contributed by atoms with Crippen molar-refractivity contribution in [2.45, 2.75) is 13.8 Å². The third kappa shape index (κ3) is 4.41. The number of aromatic nitrogens is 1. The van der Waals surface area contributed by atoms with Crippen LogP contribution in [0.2, 0.25) is 0 Å². The van der Waals surface area contributed by atoms with Crippen LogP contribution in [0.5, 0.6) is 0 Å². The van der Waals surface area contributed by atoms with Gasteiger partial charge in [-0.2, -0.15) is 5.26 Å². The minimum Gasteiger partial charge on any atom is -0.382 e. The number of nitrogens with zero attached hydrogens (tertiary/aromatic N) is 3. The second kappa shape index (κ2) is 5.65. The molecule has 1 rings (SSSR count). The van der Waals surface area contributed by atoms with Gasteiger partial charge < -0.3 is 10.2 Å². The van der Waals surface area contributed by atoms with Gasteiger partial charge in [0.1, 0.15) is 6.07 Å². The molecular formula is C13H20N4. The highest BCUT2D eigenvalue weighted by molar-refractivity contribution is 5.53. The van der Waals surface area contributed by atoms with E-state index in [9.17, 15) is 0 Å². The Labute approximate surface area is 103 Å². The predicted molar refractivity (Wildman–Crippen MR) is 69.8 cm³/mol. The fraction of sp³-hybridized carbons (Fsp3) is 0.538. The number of pyridine rings is 1. The number of nitriles is 1. The van der Waals surface area contributed by atoms with Crippen molar-refractivity contribution in [3.05, 3.63) is 24.0 Å². The van der Waals surface area contributed by atoms with E-state index in [-0.39, 0.29) is 5.41 Å². The van der Waals surface area contributed by atoms with Gasteiger partial charge in [0, 0.05) is 19.3 Å². The smallest absolute Gasteiger partial charge is 0.163 e. The molecule has 0 unspecified atom stereocenters. The molecule has 0 saturated carbocycles. The van der Waals surface area contributed by atoms with Gasteiger partial charge in [0.25, 0.3) is 0 Å². The number of rotatable bonds is 5.